The van der Waals surface area contributed by atoms with Crippen molar-refractivity contribution in [2.75, 3.05) is 25.4 Å². The molecule has 1 aliphatic rings. The van der Waals surface area contributed by atoms with Gasteiger partial charge in [0.15, 0.2) is 0 Å². The first-order chi connectivity index (χ1) is 10.7. The minimum Gasteiger partial charge on any atom is -0.462 e. The number of nitrogens with two attached hydrogens (primary N) is 1. The number of nitrogens with zero attached hydrogens (tertiary/aromatic N) is 2. The second-order valence-electron chi connectivity index (χ2n) is 5.53. The summed E-state index contributed by atoms with van der Waals surface area (Å²) in [7, 11) is 0. The van der Waals surface area contributed by atoms with Crippen LogP contribution >= 0.6 is 11.3 Å². The zero-order valence-electron chi connectivity index (χ0n) is 13.1. The van der Waals surface area contributed by atoms with Gasteiger partial charge in [-0.1, -0.05) is 19.3 Å². The van der Waals surface area contributed by atoms with E-state index in [0.717, 1.165) is 31.5 Å². The molecule has 0 spiro atoms. The molecule has 2 rings (SSSR count). The maximum Gasteiger partial charge on any atom is 0.348 e. The Labute approximate surface area is 135 Å². The van der Waals surface area contributed by atoms with Crippen LogP contribution in [0.2, 0.25) is 0 Å². The van der Waals surface area contributed by atoms with Crippen LogP contribution in [0.1, 0.15) is 59.8 Å². The van der Waals surface area contributed by atoms with Gasteiger partial charge in [0.05, 0.1) is 12.2 Å². The van der Waals surface area contributed by atoms with E-state index in [0.29, 0.717) is 28.6 Å². The molecule has 120 valence electrons. The van der Waals surface area contributed by atoms with Crippen LogP contribution in [-0.2, 0) is 11.3 Å². The van der Waals surface area contributed by atoms with E-state index >= 15 is 0 Å². The summed E-state index contributed by atoms with van der Waals surface area (Å²) in [6.07, 6.45) is 6.12. The molecule has 1 fully saturated rings. The largest absolute Gasteiger partial charge is 0.462 e. The fourth-order valence-electron chi connectivity index (χ4n) is 2.81. The molecule has 0 bridgehead atoms. The molecule has 1 aromatic heterocycles. The zero-order valence-corrected chi connectivity index (χ0v) is 13.9. The molecule has 22 heavy (non-hydrogen) atoms. The molecule has 6 heteroatoms. The van der Waals surface area contributed by atoms with Crippen molar-refractivity contribution in [3.05, 3.63) is 16.0 Å². The van der Waals surface area contributed by atoms with Crippen molar-refractivity contribution in [3.63, 3.8) is 0 Å². The van der Waals surface area contributed by atoms with Gasteiger partial charge in [-0.3, -0.25) is 4.90 Å². The summed E-state index contributed by atoms with van der Waals surface area (Å²) in [6.45, 7) is 4.70. The normalized spacial score (nSPS) is 16.5. The van der Waals surface area contributed by atoms with E-state index in [-0.39, 0.29) is 5.97 Å². The number of rotatable bonds is 4. The van der Waals surface area contributed by atoms with Crippen molar-refractivity contribution < 1.29 is 9.53 Å². The van der Waals surface area contributed by atoms with Gasteiger partial charge in [0.2, 0.25) is 0 Å². The van der Waals surface area contributed by atoms with Crippen LogP contribution in [0, 0.1) is 11.3 Å². The SMILES string of the molecule is CCOC(=O)c1sc(N)c(C#N)c1CN1CCCCCCC1. The Bertz CT molecular complexity index is 554. The summed E-state index contributed by atoms with van der Waals surface area (Å²) >= 11 is 1.17. The Balaban J connectivity index is 2.23. The van der Waals surface area contributed by atoms with Crippen molar-refractivity contribution in [1.29, 1.82) is 5.26 Å². The molecule has 0 radical (unpaired) electrons. The van der Waals surface area contributed by atoms with Crippen LogP contribution in [-0.4, -0.2) is 30.6 Å². The second kappa shape index (κ2) is 8.16. The van der Waals surface area contributed by atoms with E-state index in [1.807, 2.05) is 0 Å². The number of ether oxygens (including phenoxy) is 1. The van der Waals surface area contributed by atoms with E-state index < -0.39 is 0 Å². The highest BCUT2D eigenvalue weighted by molar-refractivity contribution is 7.18. The number of hydrogen-bond acceptors (Lipinski definition) is 6. The van der Waals surface area contributed by atoms with Gasteiger partial charge >= 0.3 is 5.97 Å². The van der Waals surface area contributed by atoms with Gasteiger partial charge in [-0.2, -0.15) is 5.26 Å². The van der Waals surface area contributed by atoms with Gasteiger partial charge in [-0.25, -0.2) is 4.79 Å². The van der Waals surface area contributed by atoms with E-state index in [9.17, 15) is 10.1 Å². The topological polar surface area (TPSA) is 79.3 Å². The lowest BCUT2D eigenvalue weighted by molar-refractivity contribution is 0.0529. The van der Waals surface area contributed by atoms with E-state index in [1.54, 1.807) is 6.92 Å². The zero-order chi connectivity index (χ0) is 15.9. The van der Waals surface area contributed by atoms with Gasteiger partial charge < -0.3 is 10.5 Å². The Hall–Kier alpha value is -1.58. The number of esters is 1. The van der Waals surface area contributed by atoms with Crippen molar-refractivity contribution in [3.8, 4) is 6.07 Å². The van der Waals surface area contributed by atoms with Gasteiger partial charge in [0.1, 0.15) is 15.9 Å². The maximum atomic E-state index is 12.1. The highest BCUT2D eigenvalue weighted by Crippen LogP contribution is 2.32. The molecule has 0 aromatic carbocycles. The van der Waals surface area contributed by atoms with Crippen LogP contribution in [0.3, 0.4) is 0 Å². The van der Waals surface area contributed by atoms with Gasteiger partial charge in [0, 0.05) is 12.1 Å². The molecule has 1 aromatic rings. The lowest BCUT2D eigenvalue weighted by Crippen LogP contribution is -2.27. The van der Waals surface area contributed by atoms with Crippen molar-refractivity contribution >= 4 is 22.3 Å². The van der Waals surface area contributed by atoms with E-state index in [2.05, 4.69) is 11.0 Å². The Morgan fingerprint density at radius 1 is 1.32 bits per heavy atom. The van der Waals surface area contributed by atoms with Gasteiger partial charge in [-0.05, 0) is 32.9 Å². The Morgan fingerprint density at radius 2 is 1.95 bits per heavy atom. The van der Waals surface area contributed by atoms with Crippen LogP contribution in [0.15, 0.2) is 0 Å². The predicted molar refractivity (Wildman–Crippen MR) is 87.8 cm³/mol. The van der Waals surface area contributed by atoms with Crippen LogP contribution in [0.4, 0.5) is 5.00 Å². The number of thiophene rings is 1. The summed E-state index contributed by atoms with van der Waals surface area (Å²) < 4.78 is 5.10. The summed E-state index contributed by atoms with van der Waals surface area (Å²) in [4.78, 5) is 14.9. The highest BCUT2D eigenvalue weighted by atomic mass is 32.1. The van der Waals surface area contributed by atoms with E-state index in [1.165, 1.54) is 30.6 Å². The molecule has 2 N–H and O–H groups in total. The molecule has 1 aliphatic heterocycles. The summed E-state index contributed by atoms with van der Waals surface area (Å²) in [6, 6.07) is 2.15. The minimum absolute atomic E-state index is 0.321. The molecule has 0 atom stereocenters. The summed E-state index contributed by atoms with van der Waals surface area (Å²) in [5, 5.41) is 9.77. The van der Waals surface area contributed by atoms with Gasteiger partial charge in [-0.15, -0.1) is 11.3 Å². The number of hydrogen-bond donors (Lipinski definition) is 1. The Kier molecular flexibility index (Phi) is 6.22. The second-order valence-corrected chi connectivity index (χ2v) is 6.58. The third-order valence-corrected chi connectivity index (χ3v) is 4.98. The highest BCUT2D eigenvalue weighted by Gasteiger charge is 2.24. The molecular weight excluding hydrogens is 298 g/mol. The molecule has 0 unspecified atom stereocenters. The summed E-state index contributed by atoms with van der Waals surface area (Å²) in [5.74, 6) is -0.372. The lowest BCUT2D eigenvalue weighted by Gasteiger charge is -2.24. The standard InChI is InChI=1S/C16H23N3O2S/c1-2-21-16(20)14-13(12(10-17)15(18)22-14)11-19-8-6-4-3-5-7-9-19/h2-9,11,18H2,1H3. The van der Waals surface area contributed by atoms with Crippen LogP contribution < -0.4 is 5.73 Å². The molecule has 0 amide bonds. The van der Waals surface area contributed by atoms with Crippen molar-refractivity contribution in [1.82, 2.24) is 4.90 Å². The average Bonchev–Trinajstić information content (AvgIpc) is 2.78. The van der Waals surface area contributed by atoms with Crippen LogP contribution in [0.25, 0.3) is 0 Å². The first-order valence-corrected chi connectivity index (χ1v) is 8.69. The number of nitriles is 1. The maximum absolute atomic E-state index is 12.1. The summed E-state index contributed by atoms with van der Waals surface area (Å²) in [5.41, 5.74) is 7.10. The predicted octanol–water partition coefficient (Wildman–Crippen LogP) is 3.14. The minimum atomic E-state index is -0.372. The number of carbonyl (C=O) groups excluding carboxylic acids is 1. The third-order valence-electron chi connectivity index (χ3n) is 3.94. The molecule has 1 saturated heterocycles. The fraction of sp³-hybridized carbons (Fsp3) is 0.625. The molecule has 2 heterocycles. The molecule has 5 nitrogen and oxygen atoms in total. The molecule has 0 saturated carbocycles. The fourth-order valence-corrected chi connectivity index (χ4v) is 3.74. The average molecular weight is 321 g/mol. The van der Waals surface area contributed by atoms with Gasteiger partial charge in [0.25, 0.3) is 0 Å². The van der Waals surface area contributed by atoms with Crippen molar-refractivity contribution in [2.45, 2.75) is 45.6 Å². The molecular formula is C16H23N3O2S. The third kappa shape index (κ3) is 3.99. The number of carbonyl (C=O) groups is 1. The first-order valence-electron chi connectivity index (χ1n) is 7.88. The monoisotopic (exact) mass is 321 g/mol. The lowest BCUT2D eigenvalue weighted by atomic mass is 10.1. The smallest absolute Gasteiger partial charge is 0.348 e. The van der Waals surface area contributed by atoms with E-state index in [4.69, 9.17) is 10.5 Å². The van der Waals surface area contributed by atoms with Crippen LogP contribution in [0.5, 0.6) is 0 Å². The number of anilines is 1. The number of nitrogen functional groups attached to an aromatic ring is 1. The first kappa shape index (κ1) is 16.8. The van der Waals surface area contributed by atoms with Crippen molar-refractivity contribution in [2.24, 2.45) is 0 Å². The molecule has 0 aliphatic carbocycles. The quantitative estimate of drug-likeness (QED) is 0.862. The number of likely N-dealkylation sites (tertiary alicyclic amines) is 1. The Morgan fingerprint density at radius 3 is 2.55 bits per heavy atom.